The standard InChI is InChI=1S/C19H30O2/c1-3-5-9-15(4-2)14-21-18-13-8-11-16-10-6-7-12-17(16)19(18)20/h6-7,10,12,15,18-20H,3-5,8-9,11,13-14H2,1-2H3. The van der Waals surface area contributed by atoms with Crippen molar-refractivity contribution in [3.63, 3.8) is 0 Å². The molecule has 21 heavy (non-hydrogen) atoms. The van der Waals surface area contributed by atoms with Gasteiger partial charge in [0.1, 0.15) is 6.10 Å². The summed E-state index contributed by atoms with van der Waals surface area (Å²) in [6, 6.07) is 8.26. The second-order valence-corrected chi connectivity index (χ2v) is 6.32. The number of hydrogen-bond donors (Lipinski definition) is 1. The summed E-state index contributed by atoms with van der Waals surface area (Å²) in [6.45, 7) is 5.27. The number of fused-ring (bicyclic) bond motifs is 1. The van der Waals surface area contributed by atoms with Crippen LogP contribution in [0.2, 0.25) is 0 Å². The number of rotatable bonds is 7. The molecule has 1 aliphatic rings. The third-order valence-electron chi connectivity index (χ3n) is 4.75. The number of unbranched alkanes of at least 4 members (excludes halogenated alkanes) is 1. The van der Waals surface area contributed by atoms with Crippen molar-refractivity contribution in [1.29, 1.82) is 0 Å². The first-order chi connectivity index (χ1) is 10.3. The van der Waals surface area contributed by atoms with Crippen LogP contribution in [0.4, 0.5) is 0 Å². The molecule has 2 heteroatoms. The summed E-state index contributed by atoms with van der Waals surface area (Å²) in [5.41, 5.74) is 2.36. The molecule has 0 spiro atoms. The van der Waals surface area contributed by atoms with Crippen LogP contribution in [0.1, 0.15) is 69.6 Å². The molecule has 1 aromatic carbocycles. The first kappa shape index (κ1) is 16.5. The summed E-state index contributed by atoms with van der Waals surface area (Å²) >= 11 is 0. The van der Waals surface area contributed by atoms with E-state index < -0.39 is 6.10 Å². The highest BCUT2D eigenvalue weighted by Crippen LogP contribution is 2.31. The average molecular weight is 290 g/mol. The van der Waals surface area contributed by atoms with Gasteiger partial charge in [0, 0.05) is 6.61 Å². The van der Waals surface area contributed by atoms with Crippen LogP contribution in [0.15, 0.2) is 24.3 Å². The van der Waals surface area contributed by atoms with Gasteiger partial charge in [-0.2, -0.15) is 0 Å². The third-order valence-corrected chi connectivity index (χ3v) is 4.75. The molecule has 2 nitrogen and oxygen atoms in total. The lowest BCUT2D eigenvalue weighted by Crippen LogP contribution is -2.24. The van der Waals surface area contributed by atoms with Gasteiger partial charge in [0.2, 0.25) is 0 Å². The highest BCUT2D eigenvalue weighted by Gasteiger charge is 2.27. The zero-order valence-corrected chi connectivity index (χ0v) is 13.6. The van der Waals surface area contributed by atoms with Gasteiger partial charge < -0.3 is 9.84 Å². The van der Waals surface area contributed by atoms with Gasteiger partial charge in [-0.1, -0.05) is 57.4 Å². The van der Waals surface area contributed by atoms with E-state index in [1.165, 1.54) is 31.2 Å². The minimum absolute atomic E-state index is 0.0377. The Balaban J connectivity index is 1.94. The topological polar surface area (TPSA) is 29.5 Å². The Kier molecular flexibility index (Phi) is 6.72. The molecular weight excluding hydrogens is 260 g/mol. The van der Waals surface area contributed by atoms with Gasteiger partial charge in [0.05, 0.1) is 6.10 Å². The lowest BCUT2D eigenvalue weighted by molar-refractivity contribution is -0.0550. The molecular formula is C19H30O2. The second-order valence-electron chi connectivity index (χ2n) is 6.32. The summed E-state index contributed by atoms with van der Waals surface area (Å²) < 4.78 is 6.13. The molecule has 0 fully saturated rings. The lowest BCUT2D eigenvalue weighted by atomic mass is 9.99. The minimum atomic E-state index is -0.465. The fraction of sp³-hybridized carbons (Fsp3) is 0.684. The van der Waals surface area contributed by atoms with Crippen molar-refractivity contribution in [1.82, 2.24) is 0 Å². The Morgan fingerprint density at radius 3 is 2.86 bits per heavy atom. The van der Waals surface area contributed by atoms with E-state index in [0.717, 1.165) is 31.4 Å². The highest BCUT2D eigenvalue weighted by molar-refractivity contribution is 5.30. The van der Waals surface area contributed by atoms with Crippen LogP contribution in [0, 0.1) is 5.92 Å². The van der Waals surface area contributed by atoms with Crippen molar-refractivity contribution < 1.29 is 9.84 Å². The van der Waals surface area contributed by atoms with Crippen LogP contribution in [0.3, 0.4) is 0 Å². The molecule has 0 aliphatic heterocycles. The molecule has 3 atom stereocenters. The van der Waals surface area contributed by atoms with Gasteiger partial charge >= 0.3 is 0 Å². The van der Waals surface area contributed by atoms with Crippen LogP contribution in [-0.4, -0.2) is 17.8 Å². The molecule has 0 saturated carbocycles. The predicted octanol–water partition coefficient (Wildman–Crippen LogP) is 4.66. The Labute approximate surface area is 129 Å². The number of aliphatic hydroxyl groups excluding tert-OH is 1. The maximum absolute atomic E-state index is 10.6. The number of benzene rings is 1. The van der Waals surface area contributed by atoms with Gasteiger partial charge in [0.15, 0.2) is 0 Å². The van der Waals surface area contributed by atoms with E-state index in [1.807, 2.05) is 6.07 Å². The Morgan fingerprint density at radius 1 is 1.29 bits per heavy atom. The molecule has 2 rings (SSSR count). The first-order valence-corrected chi connectivity index (χ1v) is 8.63. The van der Waals surface area contributed by atoms with E-state index in [2.05, 4.69) is 32.0 Å². The molecule has 1 N–H and O–H groups in total. The molecule has 1 aliphatic carbocycles. The molecule has 0 heterocycles. The number of aryl methyl sites for hydroxylation is 1. The molecule has 1 aromatic rings. The number of hydrogen-bond acceptors (Lipinski definition) is 2. The fourth-order valence-electron chi connectivity index (χ4n) is 3.23. The van der Waals surface area contributed by atoms with Gasteiger partial charge in [-0.15, -0.1) is 0 Å². The van der Waals surface area contributed by atoms with E-state index >= 15 is 0 Å². The van der Waals surface area contributed by atoms with Crippen molar-refractivity contribution in [2.45, 2.75) is 71.0 Å². The molecule has 3 unspecified atom stereocenters. The highest BCUT2D eigenvalue weighted by atomic mass is 16.5. The number of aliphatic hydroxyl groups is 1. The normalized spacial score (nSPS) is 23.4. The van der Waals surface area contributed by atoms with E-state index in [0.29, 0.717) is 5.92 Å². The summed E-state index contributed by atoms with van der Waals surface area (Å²) in [4.78, 5) is 0. The Bertz CT molecular complexity index is 416. The molecule has 0 amide bonds. The van der Waals surface area contributed by atoms with Crippen molar-refractivity contribution in [3.8, 4) is 0 Å². The number of ether oxygens (including phenoxy) is 1. The van der Waals surface area contributed by atoms with E-state index in [-0.39, 0.29) is 6.10 Å². The van der Waals surface area contributed by atoms with E-state index in [1.54, 1.807) is 0 Å². The SMILES string of the molecule is CCCCC(CC)COC1CCCc2ccccc2C1O. The quantitative estimate of drug-likeness (QED) is 0.740. The van der Waals surface area contributed by atoms with Gasteiger partial charge in [0.25, 0.3) is 0 Å². The largest absolute Gasteiger partial charge is 0.386 e. The Hall–Kier alpha value is -0.860. The van der Waals surface area contributed by atoms with Crippen molar-refractivity contribution in [3.05, 3.63) is 35.4 Å². The smallest absolute Gasteiger partial charge is 0.105 e. The fourth-order valence-corrected chi connectivity index (χ4v) is 3.23. The van der Waals surface area contributed by atoms with Gasteiger partial charge in [-0.05, 0) is 42.7 Å². The summed E-state index contributed by atoms with van der Waals surface area (Å²) in [7, 11) is 0. The average Bonchev–Trinajstić information content (AvgIpc) is 2.67. The maximum Gasteiger partial charge on any atom is 0.105 e. The van der Waals surface area contributed by atoms with Crippen LogP contribution in [0.5, 0.6) is 0 Å². The Morgan fingerprint density at radius 2 is 2.10 bits per heavy atom. The van der Waals surface area contributed by atoms with Crippen molar-refractivity contribution in [2.75, 3.05) is 6.61 Å². The van der Waals surface area contributed by atoms with E-state index in [9.17, 15) is 5.11 Å². The first-order valence-electron chi connectivity index (χ1n) is 8.63. The third kappa shape index (κ3) is 4.55. The predicted molar refractivity (Wildman–Crippen MR) is 87.4 cm³/mol. The van der Waals surface area contributed by atoms with Crippen LogP contribution in [0.25, 0.3) is 0 Å². The summed E-state index contributed by atoms with van der Waals surface area (Å²) in [5.74, 6) is 0.635. The second kappa shape index (κ2) is 8.55. The molecule has 0 bridgehead atoms. The van der Waals surface area contributed by atoms with Crippen molar-refractivity contribution in [2.24, 2.45) is 5.92 Å². The van der Waals surface area contributed by atoms with Crippen LogP contribution < -0.4 is 0 Å². The van der Waals surface area contributed by atoms with Crippen LogP contribution in [-0.2, 0) is 11.2 Å². The van der Waals surface area contributed by atoms with Gasteiger partial charge in [-0.25, -0.2) is 0 Å². The minimum Gasteiger partial charge on any atom is -0.386 e. The van der Waals surface area contributed by atoms with Crippen molar-refractivity contribution >= 4 is 0 Å². The zero-order valence-electron chi connectivity index (χ0n) is 13.6. The lowest BCUT2D eigenvalue weighted by Gasteiger charge is -2.25. The van der Waals surface area contributed by atoms with Crippen LogP contribution >= 0.6 is 0 Å². The van der Waals surface area contributed by atoms with E-state index in [4.69, 9.17) is 4.74 Å². The maximum atomic E-state index is 10.6. The molecule has 118 valence electrons. The summed E-state index contributed by atoms with van der Waals surface area (Å²) in [5, 5.41) is 10.6. The molecule has 0 aromatic heterocycles. The zero-order chi connectivity index (χ0) is 15.1. The van der Waals surface area contributed by atoms with Gasteiger partial charge in [-0.3, -0.25) is 0 Å². The molecule has 0 saturated heterocycles. The monoisotopic (exact) mass is 290 g/mol. The molecule has 0 radical (unpaired) electrons. The summed E-state index contributed by atoms with van der Waals surface area (Å²) in [6.07, 6.45) is 7.54.